The van der Waals surface area contributed by atoms with Crippen molar-refractivity contribution in [3.63, 3.8) is 0 Å². The van der Waals surface area contributed by atoms with Gasteiger partial charge in [0.25, 0.3) is 0 Å². The van der Waals surface area contributed by atoms with E-state index in [4.69, 9.17) is 15.2 Å². The molecule has 0 aromatic rings. The van der Waals surface area contributed by atoms with Gasteiger partial charge in [-0.3, -0.25) is 0 Å². The highest BCUT2D eigenvalue weighted by Gasteiger charge is 1.97. The Bertz CT molecular complexity index is 59.0. The van der Waals surface area contributed by atoms with Gasteiger partial charge >= 0.3 is 0 Å². The quantitative estimate of drug-likeness (QED) is 0.550. The second kappa shape index (κ2) is 6.01. The van der Waals surface area contributed by atoms with E-state index >= 15 is 0 Å². The molecule has 0 aliphatic carbocycles. The summed E-state index contributed by atoms with van der Waals surface area (Å²) in [6.07, 6.45) is 0.611. The Hall–Kier alpha value is -0.120. The van der Waals surface area contributed by atoms with Crippen molar-refractivity contribution >= 4 is 0 Å². The summed E-state index contributed by atoms with van der Waals surface area (Å²) < 4.78 is 9.84. The molecular formula is C6H15NO2. The maximum Gasteiger partial charge on any atom is 0.107 e. The van der Waals surface area contributed by atoms with Crippen LogP contribution in [0.1, 0.15) is 13.3 Å². The third-order valence-corrected chi connectivity index (χ3v) is 0.987. The van der Waals surface area contributed by atoms with E-state index in [1.807, 2.05) is 6.92 Å². The Morgan fingerprint density at radius 1 is 1.56 bits per heavy atom. The van der Waals surface area contributed by atoms with Crippen molar-refractivity contribution < 1.29 is 9.47 Å². The van der Waals surface area contributed by atoms with Crippen LogP contribution in [0.25, 0.3) is 0 Å². The molecule has 2 N–H and O–H groups in total. The first kappa shape index (κ1) is 8.88. The molecule has 9 heavy (non-hydrogen) atoms. The summed E-state index contributed by atoms with van der Waals surface area (Å²) in [5.74, 6) is 0. The van der Waals surface area contributed by atoms with Crippen LogP contribution < -0.4 is 5.73 Å². The predicted molar refractivity (Wildman–Crippen MR) is 36.1 cm³/mol. The van der Waals surface area contributed by atoms with Crippen LogP contribution in [0.4, 0.5) is 0 Å². The Balaban J connectivity index is 2.95. The third-order valence-electron chi connectivity index (χ3n) is 0.987. The van der Waals surface area contributed by atoms with E-state index in [1.165, 1.54) is 0 Å². The SMILES string of the molecule is CCOC(N)CCOC. The molecule has 0 heterocycles. The van der Waals surface area contributed by atoms with Crippen LogP contribution in [0.5, 0.6) is 0 Å². The minimum atomic E-state index is -0.157. The number of rotatable bonds is 5. The van der Waals surface area contributed by atoms with E-state index in [0.717, 1.165) is 6.42 Å². The lowest BCUT2D eigenvalue weighted by Gasteiger charge is -2.09. The molecule has 0 amide bonds. The van der Waals surface area contributed by atoms with Crippen molar-refractivity contribution in [2.24, 2.45) is 5.73 Å². The monoisotopic (exact) mass is 133 g/mol. The van der Waals surface area contributed by atoms with Crippen LogP contribution in [-0.2, 0) is 9.47 Å². The summed E-state index contributed by atoms with van der Waals surface area (Å²) in [7, 11) is 1.65. The second-order valence-electron chi connectivity index (χ2n) is 1.78. The van der Waals surface area contributed by atoms with E-state index in [2.05, 4.69) is 0 Å². The minimum absolute atomic E-state index is 0.157. The normalized spacial score (nSPS) is 13.7. The molecule has 0 saturated heterocycles. The average molecular weight is 133 g/mol. The van der Waals surface area contributed by atoms with Crippen molar-refractivity contribution in [3.8, 4) is 0 Å². The second-order valence-corrected chi connectivity index (χ2v) is 1.78. The van der Waals surface area contributed by atoms with Crippen LogP contribution in [0, 0.1) is 0 Å². The van der Waals surface area contributed by atoms with Gasteiger partial charge in [0.15, 0.2) is 0 Å². The number of nitrogens with two attached hydrogens (primary N) is 1. The van der Waals surface area contributed by atoms with Crippen molar-refractivity contribution in [1.82, 2.24) is 0 Å². The van der Waals surface area contributed by atoms with Gasteiger partial charge in [-0.2, -0.15) is 0 Å². The van der Waals surface area contributed by atoms with E-state index in [-0.39, 0.29) is 6.23 Å². The molecule has 0 aromatic heterocycles. The van der Waals surface area contributed by atoms with Crippen LogP contribution in [-0.4, -0.2) is 26.6 Å². The zero-order valence-electron chi connectivity index (χ0n) is 6.09. The molecule has 0 radical (unpaired) electrons. The maximum absolute atomic E-state index is 5.47. The highest BCUT2D eigenvalue weighted by molar-refractivity contribution is 4.44. The van der Waals surface area contributed by atoms with Gasteiger partial charge in [0.2, 0.25) is 0 Å². The highest BCUT2D eigenvalue weighted by atomic mass is 16.5. The molecule has 1 atom stereocenters. The molecule has 0 bridgehead atoms. The first-order valence-electron chi connectivity index (χ1n) is 3.17. The molecule has 3 nitrogen and oxygen atoms in total. The summed E-state index contributed by atoms with van der Waals surface area (Å²) in [4.78, 5) is 0. The van der Waals surface area contributed by atoms with Gasteiger partial charge in [0.1, 0.15) is 6.23 Å². The molecule has 0 aliphatic rings. The van der Waals surface area contributed by atoms with Gasteiger partial charge in [-0.05, 0) is 6.92 Å². The predicted octanol–water partition coefficient (Wildman–Crippen LogP) is 0.344. The largest absolute Gasteiger partial charge is 0.385 e. The molecule has 0 rings (SSSR count). The highest BCUT2D eigenvalue weighted by Crippen LogP contribution is 1.89. The Morgan fingerprint density at radius 3 is 2.67 bits per heavy atom. The smallest absolute Gasteiger partial charge is 0.107 e. The van der Waals surface area contributed by atoms with E-state index in [9.17, 15) is 0 Å². The molecule has 0 aliphatic heterocycles. The summed E-state index contributed by atoms with van der Waals surface area (Å²) >= 11 is 0. The molecule has 0 saturated carbocycles. The van der Waals surface area contributed by atoms with Gasteiger partial charge < -0.3 is 15.2 Å². The molecule has 3 heteroatoms. The van der Waals surface area contributed by atoms with Gasteiger partial charge in [-0.1, -0.05) is 0 Å². The number of ether oxygens (including phenoxy) is 2. The van der Waals surface area contributed by atoms with Crippen molar-refractivity contribution in [3.05, 3.63) is 0 Å². The van der Waals surface area contributed by atoms with E-state index in [1.54, 1.807) is 7.11 Å². The molecular weight excluding hydrogens is 118 g/mol. The minimum Gasteiger partial charge on any atom is -0.385 e. The summed E-state index contributed by atoms with van der Waals surface area (Å²) in [5.41, 5.74) is 5.47. The Morgan fingerprint density at radius 2 is 2.22 bits per heavy atom. The van der Waals surface area contributed by atoms with E-state index < -0.39 is 0 Å². The lowest BCUT2D eigenvalue weighted by molar-refractivity contribution is 0.0411. The topological polar surface area (TPSA) is 44.5 Å². The van der Waals surface area contributed by atoms with Crippen molar-refractivity contribution in [2.75, 3.05) is 20.3 Å². The fourth-order valence-electron chi connectivity index (χ4n) is 0.531. The third kappa shape index (κ3) is 5.76. The van der Waals surface area contributed by atoms with Crippen LogP contribution in [0.3, 0.4) is 0 Å². The molecule has 0 fully saturated rings. The number of hydrogen-bond donors (Lipinski definition) is 1. The lowest BCUT2D eigenvalue weighted by Crippen LogP contribution is -2.25. The fraction of sp³-hybridized carbons (Fsp3) is 1.00. The van der Waals surface area contributed by atoms with Gasteiger partial charge in [-0.25, -0.2) is 0 Å². The standard InChI is InChI=1S/C6H15NO2/c1-3-9-6(7)4-5-8-2/h6H,3-5,7H2,1-2H3. The van der Waals surface area contributed by atoms with Gasteiger partial charge in [0.05, 0.1) is 0 Å². The first-order valence-corrected chi connectivity index (χ1v) is 3.17. The average Bonchev–Trinajstić information content (AvgIpc) is 1.85. The number of hydrogen-bond acceptors (Lipinski definition) is 3. The summed E-state index contributed by atoms with van der Waals surface area (Å²) in [5, 5.41) is 0. The summed E-state index contributed by atoms with van der Waals surface area (Å²) in [6.45, 7) is 3.26. The Kier molecular flexibility index (Phi) is 5.93. The molecule has 0 spiro atoms. The van der Waals surface area contributed by atoms with E-state index in [0.29, 0.717) is 13.2 Å². The van der Waals surface area contributed by atoms with Crippen LogP contribution in [0.2, 0.25) is 0 Å². The lowest BCUT2D eigenvalue weighted by atomic mass is 10.4. The Labute approximate surface area is 56.1 Å². The van der Waals surface area contributed by atoms with Crippen molar-refractivity contribution in [1.29, 1.82) is 0 Å². The zero-order chi connectivity index (χ0) is 7.11. The first-order chi connectivity index (χ1) is 4.31. The van der Waals surface area contributed by atoms with Crippen molar-refractivity contribution in [2.45, 2.75) is 19.6 Å². The number of methoxy groups -OCH3 is 1. The zero-order valence-corrected chi connectivity index (χ0v) is 6.09. The fourth-order valence-corrected chi connectivity index (χ4v) is 0.531. The molecule has 0 aromatic carbocycles. The molecule has 56 valence electrons. The molecule has 1 unspecified atom stereocenters. The van der Waals surface area contributed by atoms with Gasteiger partial charge in [-0.15, -0.1) is 0 Å². The van der Waals surface area contributed by atoms with Gasteiger partial charge in [0, 0.05) is 26.7 Å². The summed E-state index contributed by atoms with van der Waals surface area (Å²) in [6, 6.07) is 0. The van der Waals surface area contributed by atoms with Crippen LogP contribution >= 0.6 is 0 Å². The van der Waals surface area contributed by atoms with Crippen LogP contribution in [0.15, 0.2) is 0 Å². The maximum atomic E-state index is 5.47.